The predicted molar refractivity (Wildman–Crippen MR) is 94.6 cm³/mol. The van der Waals surface area contributed by atoms with Crippen LogP contribution in [0.15, 0.2) is 65.1 Å². The van der Waals surface area contributed by atoms with Crippen molar-refractivity contribution in [2.45, 2.75) is 11.3 Å². The summed E-state index contributed by atoms with van der Waals surface area (Å²) in [7, 11) is -3.71. The van der Waals surface area contributed by atoms with Gasteiger partial charge < -0.3 is 5.32 Å². The molecule has 0 radical (unpaired) electrons. The first-order valence-electron chi connectivity index (χ1n) is 7.47. The third-order valence-corrected chi connectivity index (χ3v) is 4.36. The molecule has 0 saturated heterocycles. The maximum absolute atomic E-state index is 12.1. The Kier molecular flexibility index (Phi) is 6.06. The number of hydrogen-bond donors (Lipinski definition) is 2. The average Bonchev–Trinajstić information content (AvgIpc) is 2.60. The third kappa shape index (κ3) is 5.57. The van der Waals surface area contributed by atoms with Crippen molar-refractivity contribution >= 4 is 22.0 Å². The molecular weight excluding hydrogens is 338 g/mol. The minimum absolute atomic E-state index is 0.0239. The van der Waals surface area contributed by atoms with Crippen LogP contribution in [0.2, 0.25) is 0 Å². The van der Waals surface area contributed by atoms with Gasteiger partial charge in [0.25, 0.3) is 5.91 Å². The Balaban J connectivity index is 1.93. The summed E-state index contributed by atoms with van der Waals surface area (Å²) in [6.07, 6.45) is 2.02. The fourth-order valence-electron chi connectivity index (χ4n) is 2.13. The molecule has 128 valence electrons. The summed E-state index contributed by atoms with van der Waals surface area (Å²) in [6.45, 7) is 0.321. The van der Waals surface area contributed by atoms with E-state index >= 15 is 0 Å². The average molecular weight is 355 g/mol. The first-order valence-corrected chi connectivity index (χ1v) is 9.01. The molecule has 1 amide bonds. The van der Waals surface area contributed by atoms with Crippen molar-refractivity contribution in [3.8, 4) is 6.07 Å². The molecule has 0 saturated carbocycles. The van der Waals surface area contributed by atoms with Gasteiger partial charge in [-0.25, -0.2) is 13.6 Å². The zero-order valence-corrected chi connectivity index (χ0v) is 14.2. The minimum atomic E-state index is -3.71. The summed E-state index contributed by atoms with van der Waals surface area (Å²) in [5.41, 5.74) is 1.64. The standard InChI is InChI=1S/C18H17N3O3S/c19-13-16(12-15-4-2-1-3-5-15)18(22)21-11-10-14-6-8-17(9-7-14)25(20,23)24/h1-9,12H,10-11H2,(H,21,22)(H2,20,23,24). The summed E-state index contributed by atoms with van der Waals surface area (Å²) in [6, 6.07) is 17.1. The van der Waals surface area contributed by atoms with Crippen molar-refractivity contribution < 1.29 is 13.2 Å². The van der Waals surface area contributed by atoms with Gasteiger partial charge in [0.2, 0.25) is 10.0 Å². The smallest absolute Gasteiger partial charge is 0.261 e. The number of carbonyl (C=O) groups is 1. The maximum atomic E-state index is 12.1. The lowest BCUT2D eigenvalue weighted by Crippen LogP contribution is -2.26. The van der Waals surface area contributed by atoms with Gasteiger partial charge in [-0.1, -0.05) is 42.5 Å². The van der Waals surface area contributed by atoms with Gasteiger partial charge >= 0.3 is 0 Å². The quantitative estimate of drug-likeness (QED) is 0.605. The Labute approximate surface area is 146 Å². The predicted octanol–water partition coefficient (Wildman–Crippen LogP) is 1.60. The fraction of sp³-hybridized carbons (Fsp3) is 0.111. The van der Waals surface area contributed by atoms with Gasteiger partial charge in [0, 0.05) is 6.54 Å². The molecule has 0 unspecified atom stereocenters. The van der Waals surface area contributed by atoms with Gasteiger partial charge in [-0.15, -0.1) is 0 Å². The van der Waals surface area contributed by atoms with E-state index in [-0.39, 0.29) is 10.5 Å². The second-order valence-electron chi connectivity index (χ2n) is 5.28. The molecule has 6 nitrogen and oxygen atoms in total. The molecule has 0 spiro atoms. The number of nitriles is 1. The van der Waals surface area contributed by atoms with E-state index in [0.717, 1.165) is 11.1 Å². The number of benzene rings is 2. The number of carbonyl (C=O) groups excluding carboxylic acids is 1. The Bertz CT molecular complexity index is 912. The highest BCUT2D eigenvalue weighted by atomic mass is 32.2. The van der Waals surface area contributed by atoms with E-state index in [1.54, 1.807) is 24.3 Å². The van der Waals surface area contributed by atoms with Gasteiger partial charge in [-0.2, -0.15) is 5.26 Å². The fourth-order valence-corrected chi connectivity index (χ4v) is 2.64. The number of sulfonamides is 1. The molecular formula is C18H17N3O3S. The van der Waals surface area contributed by atoms with Crippen LogP contribution >= 0.6 is 0 Å². The third-order valence-electron chi connectivity index (χ3n) is 3.43. The highest BCUT2D eigenvalue weighted by Crippen LogP contribution is 2.09. The molecule has 7 heteroatoms. The van der Waals surface area contributed by atoms with Gasteiger partial charge in [0.15, 0.2) is 0 Å². The second-order valence-corrected chi connectivity index (χ2v) is 6.84. The SMILES string of the molecule is N#CC(=Cc1ccccc1)C(=O)NCCc1ccc(S(N)(=O)=O)cc1. The number of primary sulfonamides is 1. The van der Waals surface area contributed by atoms with Crippen molar-refractivity contribution in [2.24, 2.45) is 5.14 Å². The van der Waals surface area contributed by atoms with Crippen molar-refractivity contribution in [1.29, 1.82) is 5.26 Å². The molecule has 0 aliphatic heterocycles. The van der Waals surface area contributed by atoms with E-state index in [0.29, 0.717) is 13.0 Å². The Hall–Kier alpha value is -2.95. The van der Waals surface area contributed by atoms with Crippen LogP contribution in [0.3, 0.4) is 0 Å². The van der Waals surface area contributed by atoms with E-state index in [2.05, 4.69) is 5.32 Å². The maximum Gasteiger partial charge on any atom is 0.261 e. The summed E-state index contributed by atoms with van der Waals surface area (Å²) in [5, 5.41) is 16.8. The Morgan fingerprint density at radius 1 is 1.12 bits per heavy atom. The first kappa shape index (κ1) is 18.4. The molecule has 0 aliphatic carbocycles. The lowest BCUT2D eigenvalue weighted by Gasteiger charge is -2.05. The topological polar surface area (TPSA) is 113 Å². The number of hydrogen-bond acceptors (Lipinski definition) is 4. The lowest BCUT2D eigenvalue weighted by molar-refractivity contribution is -0.117. The van der Waals surface area contributed by atoms with Crippen LogP contribution in [0.5, 0.6) is 0 Å². The van der Waals surface area contributed by atoms with Crippen LogP contribution in [-0.2, 0) is 21.2 Å². The van der Waals surface area contributed by atoms with Gasteiger partial charge in [-0.05, 0) is 35.8 Å². The van der Waals surface area contributed by atoms with Crippen molar-refractivity contribution in [3.05, 3.63) is 71.3 Å². The van der Waals surface area contributed by atoms with Crippen molar-refractivity contribution in [2.75, 3.05) is 6.54 Å². The van der Waals surface area contributed by atoms with Gasteiger partial charge in [-0.3, -0.25) is 4.79 Å². The van der Waals surface area contributed by atoms with Crippen LogP contribution in [-0.4, -0.2) is 20.9 Å². The van der Waals surface area contributed by atoms with Crippen LogP contribution in [0, 0.1) is 11.3 Å². The summed E-state index contributed by atoms with van der Waals surface area (Å²) < 4.78 is 22.4. The molecule has 0 atom stereocenters. The monoisotopic (exact) mass is 355 g/mol. The van der Waals surface area contributed by atoms with E-state index in [9.17, 15) is 13.2 Å². The van der Waals surface area contributed by atoms with Crippen molar-refractivity contribution in [1.82, 2.24) is 5.32 Å². The summed E-state index contributed by atoms with van der Waals surface area (Å²) in [5.74, 6) is -0.451. The molecule has 0 heterocycles. The molecule has 2 aromatic rings. The number of rotatable bonds is 6. The van der Waals surface area contributed by atoms with Crippen LogP contribution in [0.1, 0.15) is 11.1 Å². The minimum Gasteiger partial charge on any atom is -0.351 e. The Morgan fingerprint density at radius 3 is 2.32 bits per heavy atom. The highest BCUT2D eigenvalue weighted by molar-refractivity contribution is 7.89. The molecule has 0 fully saturated rings. The van der Waals surface area contributed by atoms with Gasteiger partial charge in [0.1, 0.15) is 11.6 Å². The van der Waals surface area contributed by atoms with Gasteiger partial charge in [0.05, 0.1) is 4.90 Å². The summed E-state index contributed by atoms with van der Waals surface area (Å²) >= 11 is 0. The van der Waals surface area contributed by atoms with E-state index < -0.39 is 15.9 Å². The molecule has 0 aromatic heterocycles. The van der Waals surface area contributed by atoms with Crippen LogP contribution in [0.4, 0.5) is 0 Å². The zero-order valence-electron chi connectivity index (χ0n) is 13.3. The normalized spacial score (nSPS) is 11.6. The zero-order chi connectivity index (χ0) is 18.3. The molecule has 2 aromatic carbocycles. The largest absolute Gasteiger partial charge is 0.351 e. The molecule has 0 aliphatic rings. The molecule has 0 bridgehead atoms. The van der Waals surface area contributed by atoms with E-state index in [1.807, 2.05) is 24.3 Å². The van der Waals surface area contributed by atoms with Crippen molar-refractivity contribution in [3.63, 3.8) is 0 Å². The number of nitrogens with one attached hydrogen (secondary N) is 1. The highest BCUT2D eigenvalue weighted by Gasteiger charge is 2.09. The first-order chi connectivity index (χ1) is 11.9. The number of amides is 1. The van der Waals surface area contributed by atoms with Crippen LogP contribution in [0.25, 0.3) is 6.08 Å². The number of nitrogens with zero attached hydrogens (tertiary/aromatic N) is 1. The van der Waals surface area contributed by atoms with E-state index in [1.165, 1.54) is 18.2 Å². The lowest BCUT2D eigenvalue weighted by atomic mass is 10.1. The number of nitrogens with two attached hydrogens (primary N) is 1. The summed E-state index contributed by atoms with van der Waals surface area (Å²) in [4.78, 5) is 12.1. The molecule has 3 N–H and O–H groups in total. The second kappa shape index (κ2) is 8.24. The molecule has 25 heavy (non-hydrogen) atoms. The molecule has 2 rings (SSSR count). The Morgan fingerprint density at radius 2 is 1.76 bits per heavy atom. The van der Waals surface area contributed by atoms with E-state index in [4.69, 9.17) is 10.4 Å². The van der Waals surface area contributed by atoms with Crippen LogP contribution < -0.4 is 10.5 Å².